The molecule has 0 bridgehead atoms. The summed E-state index contributed by atoms with van der Waals surface area (Å²) in [4.78, 5) is 75.6. The Hall–Kier alpha value is -4.80. The molecule has 1 aromatic heterocycles. The number of esters is 1. The summed E-state index contributed by atoms with van der Waals surface area (Å²) >= 11 is 0. The molecule has 11 nitrogen and oxygen atoms in total. The second kappa shape index (κ2) is 8.86. The van der Waals surface area contributed by atoms with Crippen molar-refractivity contribution in [2.24, 2.45) is 7.05 Å². The smallest absolute Gasteiger partial charge is 0.338 e. The standard InChI is InChI=1S/C24H20N4O7/c1-26-20(30)15-9-8-14(10-16(15)21(26)31)23(33)35-12-17(29)18-19(25)28(24(34)27(2)22(18)32)11-13-6-4-3-5-7-13/h3-10H,11-12,25H2,1-2H3. The first kappa shape index (κ1) is 23.4. The minimum atomic E-state index is -0.941. The van der Waals surface area contributed by atoms with Gasteiger partial charge in [-0.05, 0) is 23.8 Å². The lowest BCUT2D eigenvalue weighted by atomic mass is 10.1. The van der Waals surface area contributed by atoms with Crippen molar-refractivity contribution in [2.45, 2.75) is 6.54 Å². The number of benzene rings is 2. The Labute approximate surface area is 198 Å². The average molecular weight is 476 g/mol. The summed E-state index contributed by atoms with van der Waals surface area (Å²) < 4.78 is 6.89. The van der Waals surface area contributed by atoms with Gasteiger partial charge in [0.1, 0.15) is 11.4 Å². The number of aromatic nitrogens is 2. The number of nitrogens with zero attached hydrogens (tertiary/aromatic N) is 3. The third-order valence-electron chi connectivity index (χ3n) is 5.71. The summed E-state index contributed by atoms with van der Waals surface area (Å²) in [5, 5.41) is 0. The van der Waals surface area contributed by atoms with E-state index in [4.69, 9.17) is 10.5 Å². The third-order valence-corrected chi connectivity index (χ3v) is 5.71. The first-order valence-electron chi connectivity index (χ1n) is 10.4. The van der Waals surface area contributed by atoms with Gasteiger partial charge in [0.15, 0.2) is 6.61 Å². The monoisotopic (exact) mass is 476 g/mol. The predicted octanol–water partition coefficient (Wildman–Crippen LogP) is 0.443. The Kier molecular flexibility index (Phi) is 5.91. The second-order valence-electron chi connectivity index (χ2n) is 7.91. The lowest BCUT2D eigenvalue weighted by molar-refractivity contribution is 0.0474. The van der Waals surface area contributed by atoms with Crippen LogP contribution in [0.2, 0.25) is 0 Å². The van der Waals surface area contributed by atoms with Gasteiger partial charge in [0.25, 0.3) is 17.4 Å². The lowest BCUT2D eigenvalue weighted by Crippen LogP contribution is -2.43. The summed E-state index contributed by atoms with van der Waals surface area (Å²) in [6.07, 6.45) is 0. The van der Waals surface area contributed by atoms with E-state index in [9.17, 15) is 28.8 Å². The number of hydrogen-bond acceptors (Lipinski definition) is 8. The van der Waals surface area contributed by atoms with E-state index in [1.807, 2.05) is 0 Å². The zero-order valence-corrected chi connectivity index (χ0v) is 18.8. The van der Waals surface area contributed by atoms with Gasteiger partial charge in [-0.3, -0.25) is 33.2 Å². The topological polar surface area (TPSA) is 151 Å². The molecule has 2 aromatic carbocycles. The molecular formula is C24H20N4O7. The molecule has 0 saturated carbocycles. The first-order valence-corrected chi connectivity index (χ1v) is 10.4. The molecule has 0 saturated heterocycles. The van der Waals surface area contributed by atoms with E-state index in [1.165, 1.54) is 32.3 Å². The highest BCUT2D eigenvalue weighted by molar-refractivity contribution is 6.21. The molecule has 35 heavy (non-hydrogen) atoms. The normalized spacial score (nSPS) is 12.6. The van der Waals surface area contributed by atoms with Crippen molar-refractivity contribution < 1.29 is 23.9 Å². The van der Waals surface area contributed by atoms with Gasteiger partial charge in [-0.25, -0.2) is 9.59 Å². The maximum absolute atomic E-state index is 12.8. The predicted molar refractivity (Wildman–Crippen MR) is 123 cm³/mol. The summed E-state index contributed by atoms with van der Waals surface area (Å²) in [7, 11) is 2.54. The average Bonchev–Trinajstić information content (AvgIpc) is 3.08. The van der Waals surface area contributed by atoms with E-state index < -0.39 is 47.0 Å². The van der Waals surface area contributed by atoms with Crippen molar-refractivity contribution in [2.75, 3.05) is 19.4 Å². The molecule has 1 aliphatic heterocycles. The molecular weight excluding hydrogens is 456 g/mol. The van der Waals surface area contributed by atoms with Crippen LogP contribution in [0.5, 0.6) is 0 Å². The van der Waals surface area contributed by atoms with E-state index in [-0.39, 0.29) is 29.1 Å². The molecule has 2 heterocycles. The summed E-state index contributed by atoms with van der Waals surface area (Å²) in [6, 6.07) is 12.7. The molecule has 2 N–H and O–H groups in total. The molecule has 0 radical (unpaired) electrons. The van der Waals surface area contributed by atoms with Crippen LogP contribution < -0.4 is 17.0 Å². The zero-order valence-electron chi connectivity index (χ0n) is 18.8. The van der Waals surface area contributed by atoms with E-state index in [0.29, 0.717) is 0 Å². The van der Waals surface area contributed by atoms with Crippen molar-refractivity contribution in [3.05, 3.63) is 97.2 Å². The zero-order chi connectivity index (χ0) is 25.4. The number of carbonyl (C=O) groups excluding carboxylic acids is 4. The number of nitrogens with two attached hydrogens (primary N) is 1. The van der Waals surface area contributed by atoms with E-state index in [1.54, 1.807) is 30.3 Å². The van der Waals surface area contributed by atoms with Crippen LogP contribution in [0.1, 0.15) is 47.0 Å². The minimum absolute atomic E-state index is 0.0238. The molecule has 178 valence electrons. The van der Waals surface area contributed by atoms with Crippen LogP contribution in [0.4, 0.5) is 5.82 Å². The molecule has 3 aromatic rings. The van der Waals surface area contributed by atoms with Crippen LogP contribution in [0.15, 0.2) is 58.1 Å². The fraction of sp³-hybridized carbons (Fsp3) is 0.167. The molecule has 2 amide bonds. The van der Waals surface area contributed by atoms with Crippen molar-refractivity contribution in [3.63, 3.8) is 0 Å². The largest absolute Gasteiger partial charge is 0.454 e. The Morgan fingerprint density at radius 1 is 0.914 bits per heavy atom. The van der Waals surface area contributed by atoms with E-state index >= 15 is 0 Å². The molecule has 11 heteroatoms. The fourth-order valence-corrected chi connectivity index (χ4v) is 3.74. The van der Waals surface area contributed by atoms with Crippen molar-refractivity contribution in [3.8, 4) is 0 Å². The number of Topliss-reactive ketones (excluding diaryl/α,β-unsaturated/α-hetero) is 1. The van der Waals surface area contributed by atoms with E-state index in [0.717, 1.165) is 19.6 Å². The quantitative estimate of drug-likeness (QED) is 0.306. The van der Waals surface area contributed by atoms with Crippen LogP contribution in [0.25, 0.3) is 0 Å². The van der Waals surface area contributed by atoms with Gasteiger partial charge >= 0.3 is 11.7 Å². The van der Waals surface area contributed by atoms with Crippen LogP contribution in [0.3, 0.4) is 0 Å². The number of anilines is 1. The van der Waals surface area contributed by atoms with E-state index in [2.05, 4.69) is 0 Å². The molecule has 0 atom stereocenters. The number of hydrogen-bond donors (Lipinski definition) is 1. The van der Waals surface area contributed by atoms with Gasteiger partial charge in [0.05, 0.1) is 23.2 Å². The van der Waals surface area contributed by atoms with Crippen molar-refractivity contribution in [1.82, 2.24) is 14.0 Å². The number of amides is 2. The lowest BCUT2D eigenvalue weighted by Gasteiger charge is -2.14. The number of carbonyl (C=O) groups is 4. The fourth-order valence-electron chi connectivity index (χ4n) is 3.74. The van der Waals surface area contributed by atoms with Gasteiger partial charge < -0.3 is 10.5 Å². The highest BCUT2D eigenvalue weighted by atomic mass is 16.5. The number of ketones is 1. The van der Waals surface area contributed by atoms with Crippen LogP contribution >= 0.6 is 0 Å². The molecule has 1 aliphatic rings. The number of ether oxygens (including phenoxy) is 1. The highest BCUT2D eigenvalue weighted by Crippen LogP contribution is 2.23. The SMILES string of the molecule is CN1C(=O)c2ccc(C(=O)OCC(=O)c3c(N)n(Cc4ccccc4)c(=O)n(C)c3=O)cc2C1=O. The molecule has 4 rings (SSSR count). The minimum Gasteiger partial charge on any atom is -0.454 e. The molecule has 0 aliphatic carbocycles. The van der Waals surface area contributed by atoms with Crippen LogP contribution in [-0.2, 0) is 18.3 Å². The van der Waals surface area contributed by atoms with Gasteiger partial charge in [-0.15, -0.1) is 0 Å². The molecule has 0 spiro atoms. The summed E-state index contributed by atoms with van der Waals surface area (Å²) in [6.45, 7) is -0.804. The molecule has 0 fully saturated rings. The molecule has 0 unspecified atom stereocenters. The van der Waals surface area contributed by atoms with Gasteiger partial charge in [0, 0.05) is 14.1 Å². The first-order chi connectivity index (χ1) is 16.6. The van der Waals surface area contributed by atoms with Gasteiger partial charge in [-0.1, -0.05) is 30.3 Å². The summed E-state index contributed by atoms with van der Waals surface area (Å²) in [5.74, 6) is -3.23. The Morgan fingerprint density at radius 3 is 2.26 bits per heavy atom. The number of fused-ring (bicyclic) bond motifs is 1. The van der Waals surface area contributed by atoms with Crippen molar-refractivity contribution in [1.29, 1.82) is 0 Å². The van der Waals surface area contributed by atoms with Crippen molar-refractivity contribution >= 4 is 29.4 Å². The van der Waals surface area contributed by atoms with Crippen LogP contribution in [0, 0.1) is 0 Å². The number of nitrogen functional groups attached to an aromatic ring is 1. The third kappa shape index (κ3) is 4.03. The van der Waals surface area contributed by atoms with Gasteiger partial charge in [-0.2, -0.15) is 0 Å². The maximum atomic E-state index is 12.8. The Morgan fingerprint density at radius 2 is 1.57 bits per heavy atom. The Bertz CT molecular complexity index is 1520. The van der Waals surface area contributed by atoms with Gasteiger partial charge in [0.2, 0.25) is 5.78 Å². The Balaban J connectivity index is 1.57. The number of imide groups is 1. The summed E-state index contributed by atoms with van der Waals surface area (Å²) in [5.41, 5.74) is 4.81. The maximum Gasteiger partial charge on any atom is 0.338 e. The van der Waals surface area contributed by atoms with Crippen LogP contribution in [-0.4, -0.2) is 51.3 Å². The second-order valence-corrected chi connectivity index (χ2v) is 7.91. The number of rotatable bonds is 6. The highest BCUT2D eigenvalue weighted by Gasteiger charge is 2.33.